The van der Waals surface area contributed by atoms with Crippen molar-refractivity contribution < 1.29 is 5.11 Å². The Morgan fingerprint density at radius 3 is 2.69 bits per heavy atom. The first-order chi connectivity index (χ1) is 6.12. The van der Waals surface area contributed by atoms with Crippen molar-refractivity contribution in [1.82, 2.24) is 4.98 Å². The van der Waals surface area contributed by atoms with E-state index in [1.54, 1.807) is 0 Å². The molecule has 3 heteroatoms. The molecule has 3 nitrogen and oxygen atoms in total. The van der Waals surface area contributed by atoms with Crippen molar-refractivity contribution in [2.24, 2.45) is 5.73 Å². The molecule has 1 aromatic rings. The van der Waals surface area contributed by atoms with Crippen LogP contribution in [-0.2, 0) is 5.41 Å². The van der Waals surface area contributed by atoms with Gasteiger partial charge in [0.15, 0.2) is 0 Å². The topological polar surface area (TPSA) is 59.1 Å². The lowest BCUT2D eigenvalue weighted by atomic mass is 9.87. The zero-order valence-corrected chi connectivity index (χ0v) is 8.12. The van der Waals surface area contributed by atoms with Crippen LogP contribution in [0.1, 0.15) is 18.3 Å². The number of aliphatic hydroxyl groups is 1. The van der Waals surface area contributed by atoms with Gasteiger partial charge in [-0.1, -0.05) is 13.0 Å². The summed E-state index contributed by atoms with van der Waals surface area (Å²) in [4.78, 5) is 4.35. The van der Waals surface area contributed by atoms with Gasteiger partial charge < -0.3 is 10.8 Å². The average molecular weight is 180 g/mol. The van der Waals surface area contributed by atoms with Crippen molar-refractivity contribution in [2.75, 3.05) is 13.2 Å². The van der Waals surface area contributed by atoms with Crippen LogP contribution in [-0.4, -0.2) is 23.2 Å². The van der Waals surface area contributed by atoms with Gasteiger partial charge in [0.2, 0.25) is 0 Å². The van der Waals surface area contributed by atoms with E-state index in [1.165, 1.54) is 0 Å². The summed E-state index contributed by atoms with van der Waals surface area (Å²) in [6.45, 7) is 4.27. The van der Waals surface area contributed by atoms with E-state index >= 15 is 0 Å². The van der Waals surface area contributed by atoms with Crippen molar-refractivity contribution in [2.45, 2.75) is 19.3 Å². The highest BCUT2D eigenvalue weighted by atomic mass is 16.3. The second-order valence-corrected chi connectivity index (χ2v) is 3.59. The van der Waals surface area contributed by atoms with E-state index < -0.39 is 5.41 Å². The van der Waals surface area contributed by atoms with Crippen LogP contribution in [0.2, 0.25) is 0 Å². The SMILES string of the molecule is Cc1cccc(C(C)(CN)CO)n1. The molecular weight excluding hydrogens is 164 g/mol. The number of hydrogen-bond acceptors (Lipinski definition) is 3. The molecule has 0 spiro atoms. The predicted octanol–water partition coefficient (Wildman–Crippen LogP) is 0.599. The fourth-order valence-corrected chi connectivity index (χ4v) is 1.13. The van der Waals surface area contributed by atoms with Crippen LogP contribution in [0, 0.1) is 6.92 Å². The van der Waals surface area contributed by atoms with Crippen molar-refractivity contribution in [3.05, 3.63) is 29.6 Å². The highest BCUT2D eigenvalue weighted by molar-refractivity contribution is 5.19. The van der Waals surface area contributed by atoms with Gasteiger partial charge in [-0.3, -0.25) is 4.98 Å². The molecule has 0 bridgehead atoms. The molecule has 0 radical (unpaired) electrons. The summed E-state index contributed by atoms with van der Waals surface area (Å²) in [7, 11) is 0. The molecular formula is C10H16N2O. The van der Waals surface area contributed by atoms with E-state index in [1.807, 2.05) is 32.0 Å². The fourth-order valence-electron chi connectivity index (χ4n) is 1.13. The maximum Gasteiger partial charge on any atom is 0.0552 e. The van der Waals surface area contributed by atoms with E-state index in [9.17, 15) is 5.11 Å². The summed E-state index contributed by atoms with van der Waals surface area (Å²) in [5.41, 5.74) is 7.00. The molecule has 1 heterocycles. The lowest BCUT2D eigenvalue weighted by molar-refractivity contribution is 0.207. The third kappa shape index (κ3) is 2.05. The van der Waals surface area contributed by atoms with Crippen LogP contribution in [0.5, 0.6) is 0 Å². The van der Waals surface area contributed by atoms with Gasteiger partial charge in [-0.25, -0.2) is 0 Å². The Kier molecular flexibility index (Phi) is 3.01. The van der Waals surface area contributed by atoms with Crippen LogP contribution in [0.25, 0.3) is 0 Å². The van der Waals surface area contributed by atoms with Gasteiger partial charge in [-0.05, 0) is 19.1 Å². The maximum atomic E-state index is 9.21. The number of pyridine rings is 1. The van der Waals surface area contributed by atoms with Crippen molar-refractivity contribution >= 4 is 0 Å². The monoisotopic (exact) mass is 180 g/mol. The summed E-state index contributed by atoms with van der Waals surface area (Å²) in [6.07, 6.45) is 0. The van der Waals surface area contributed by atoms with Gasteiger partial charge >= 0.3 is 0 Å². The van der Waals surface area contributed by atoms with Crippen molar-refractivity contribution in [3.8, 4) is 0 Å². The molecule has 0 aromatic carbocycles. The number of rotatable bonds is 3. The number of aliphatic hydroxyl groups excluding tert-OH is 1. The van der Waals surface area contributed by atoms with E-state index in [0.717, 1.165) is 11.4 Å². The number of aryl methyl sites for hydroxylation is 1. The Morgan fingerprint density at radius 1 is 1.54 bits per heavy atom. The molecule has 1 aromatic heterocycles. The summed E-state index contributed by atoms with van der Waals surface area (Å²) in [5, 5.41) is 9.21. The number of nitrogens with two attached hydrogens (primary N) is 1. The van der Waals surface area contributed by atoms with Crippen LogP contribution < -0.4 is 5.73 Å². The molecule has 1 atom stereocenters. The highest BCUT2D eigenvalue weighted by Gasteiger charge is 2.25. The molecule has 3 N–H and O–H groups in total. The number of nitrogens with zero attached hydrogens (tertiary/aromatic N) is 1. The van der Waals surface area contributed by atoms with Crippen LogP contribution in [0.4, 0.5) is 0 Å². The second-order valence-electron chi connectivity index (χ2n) is 3.59. The van der Waals surface area contributed by atoms with E-state index in [0.29, 0.717) is 6.54 Å². The summed E-state index contributed by atoms with van der Waals surface area (Å²) < 4.78 is 0. The van der Waals surface area contributed by atoms with E-state index in [-0.39, 0.29) is 6.61 Å². The smallest absolute Gasteiger partial charge is 0.0552 e. The fraction of sp³-hybridized carbons (Fsp3) is 0.500. The van der Waals surface area contributed by atoms with Crippen LogP contribution in [0.15, 0.2) is 18.2 Å². The molecule has 0 fully saturated rings. The minimum absolute atomic E-state index is 0.0277. The standard InChI is InChI=1S/C10H16N2O/c1-8-4-3-5-9(12-8)10(2,6-11)7-13/h3-5,13H,6-7,11H2,1-2H3. The minimum atomic E-state index is -0.411. The lowest BCUT2D eigenvalue weighted by Gasteiger charge is -2.24. The molecule has 0 aliphatic heterocycles. The first-order valence-corrected chi connectivity index (χ1v) is 4.37. The maximum absolute atomic E-state index is 9.21. The molecule has 0 aliphatic carbocycles. The molecule has 0 saturated carbocycles. The molecule has 1 rings (SSSR count). The third-order valence-corrected chi connectivity index (χ3v) is 2.31. The first-order valence-electron chi connectivity index (χ1n) is 4.37. The molecule has 0 aliphatic rings. The normalized spacial score (nSPS) is 15.4. The molecule has 0 saturated heterocycles. The van der Waals surface area contributed by atoms with Crippen molar-refractivity contribution in [1.29, 1.82) is 0 Å². The highest BCUT2D eigenvalue weighted by Crippen LogP contribution is 2.19. The Morgan fingerprint density at radius 2 is 2.23 bits per heavy atom. The van der Waals surface area contributed by atoms with Crippen molar-refractivity contribution in [3.63, 3.8) is 0 Å². The van der Waals surface area contributed by atoms with Gasteiger partial charge in [0, 0.05) is 17.7 Å². The van der Waals surface area contributed by atoms with E-state index in [2.05, 4.69) is 4.98 Å². The van der Waals surface area contributed by atoms with E-state index in [4.69, 9.17) is 5.73 Å². The van der Waals surface area contributed by atoms with Crippen LogP contribution >= 0.6 is 0 Å². The predicted molar refractivity (Wildman–Crippen MR) is 52.5 cm³/mol. The minimum Gasteiger partial charge on any atom is -0.395 e. The Balaban J connectivity index is 3.05. The quantitative estimate of drug-likeness (QED) is 0.716. The zero-order valence-electron chi connectivity index (χ0n) is 8.12. The molecule has 72 valence electrons. The first kappa shape index (κ1) is 10.2. The number of aromatic nitrogens is 1. The third-order valence-electron chi connectivity index (χ3n) is 2.31. The molecule has 1 unspecified atom stereocenters. The van der Waals surface area contributed by atoms with Gasteiger partial charge in [-0.15, -0.1) is 0 Å². The second kappa shape index (κ2) is 3.85. The lowest BCUT2D eigenvalue weighted by Crippen LogP contribution is -2.36. The van der Waals surface area contributed by atoms with Gasteiger partial charge in [0.25, 0.3) is 0 Å². The van der Waals surface area contributed by atoms with Gasteiger partial charge in [0.05, 0.1) is 12.3 Å². The summed E-state index contributed by atoms with van der Waals surface area (Å²) in [5.74, 6) is 0. The van der Waals surface area contributed by atoms with Crippen LogP contribution in [0.3, 0.4) is 0 Å². The van der Waals surface area contributed by atoms with Gasteiger partial charge in [0.1, 0.15) is 0 Å². The summed E-state index contributed by atoms with van der Waals surface area (Å²) >= 11 is 0. The Bertz CT molecular complexity index is 282. The Labute approximate surface area is 78.6 Å². The van der Waals surface area contributed by atoms with Gasteiger partial charge in [-0.2, -0.15) is 0 Å². The Hall–Kier alpha value is -0.930. The molecule has 13 heavy (non-hydrogen) atoms. The number of hydrogen-bond donors (Lipinski definition) is 2. The molecule has 0 amide bonds. The zero-order chi connectivity index (χ0) is 9.90. The summed E-state index contributed by atoms with van der Waals surface area (Å²) in [6, 6.07) is 5.76. The largest absolute Gasteiger partial charge is 0.395 e. The average Bonchev–Trinajstić information content (AvgIpc) is 2.17.